The lowest BCUT2D eigenvalue weighted by Crippen LogP contribution is -2.27. The van der Waals surface area contributed by atoms with E-state index in [9.17, 15) is 8.42 Å². The minimum absolute atomic E-state index is 0.278. The van der Waals surface area contributed by atoms with E-state index >= 15 is 0 Å². The fraction of sp³-hybridized carbons (Fsp3) is 0.200. The lowest BCUT2D eigenvalue weighted by Gasteiger charge is -2.10. The predicted molar refractivity (Wildman–Crippen MR) is 111 cm³/mol. The number of hydrogen-bond donors (Lipinski definition) is 1. The Morgan fingerprint density at radius 2 is 1.86 bits per heavy atom. The molecule has 3 aromatic heterocycles. The van der Waals surface area contributed by atoms with E-state index < -0.39 is 10.0 Å². The molecule has 3 heterocycles. The van der Waals surface area contributed by atoms with Gasteiger partial charge in [-0.2, -0.15) is 0 Å². The van der Waals surface area contributed by atoms with E-state index in [0.29, 0.717) is 10.8 Å². The number of fused-ring (bicyclic) bond motifs is 1. The van der Waals surface area contributed by atoms with Crippen LogP contribution in [0.15, 0.2) is 70.4 Å². The van der Waals surface area contributed by atoms with E-state index in [2.05, 4.69) is 21.8 Å². The Labute approximate surface area is 167 Å². The summed E-state index contributed by atoms with van der Waals surface area (Å²) in [7, 11) is -3.48. The summed E-state index contributed by atoms with van der Waals surface area (Å²) in [5, 5.41) is 1.75. The van der Waals surface area contributed by atoms with E-state index in [1.165, 1.54) is 16.9 Å². The molecule has 4 aromatic rings. The number of benzene rings is 1. The Balaban J connectivity index is 1.52. The summed E-state index contributed by atoms with van der Waals surface area (Å²) in [5.74, 6) is 0.910. The van der Waals surface area contributed by atoms with Crippen LogP contribution in [0.4, 0.5) is 0 Å². The molecule has 0 amide bonds. The Bertz CT molecular complexity index is 1150. The molecule has 0 bridgehead atoms. The van der Waals surface area contributed by atoms with Crippen molar-refractivity contribution in [1.82, 2.24) is 19.3 Å². The molecule has 0 aliphatic heterocycles. The van der Waals surface area contributed by atoms with E-state index in [0.717, 1.165) is 29.8 Å². The average Bonchev–Trinajstić information content (AvgIpc) is 3.36. The Hall–Kier alpha value is -2.55. The smallest absolute Gasteiger partial charge is 0.250 e. The lowest BCUT2D eigenvalue weighted by atomic mass is 10.1. The number of pyridine rings is 1. The molecule has 0 spiro atoms. The highest BCUT2D eigenvalue weighted by Crippen LogP contribution is 2.17. The number of nitrogens with zero attached hydrogens (tertiary/aromatic N) is 3. The summed E-state index contributed by atoms with van der Waals surface area (Å²) in [4.78, 5) is 9.17. The van der Waals surface area contributed by atoms with E-state index in [1.807, 2.05) is 34.9 Å². The number of sulfonamides is 1. The number of thiophene rings is 1. The third-order valence-electron chi connectivity index (χ3n) is 4.45. The molecule has 144 valence electrons. The summed E-state index contributed by atoms with van der Waals surface area (Å²) >= 11 is 1.21. The van der Waals surface area contributed by atoms with Crippen molar-refractivity contribution in [2.24, 2.45) is 0 Å². The molecule has 8 heteroatoms. The van der Waals surface area contributed by atoms with Gasteiger partial charge in [-0.15, -0.1) is 11.3 Å². The van der Waals surface area contributed by atoms with Crippen molar-refractivity contribution >= 4 is 32.5 Å². The molecule has 6 nitrogen and oxygen atoms in total. The number of rotatable bonds is 8. The minimum atomic E-state index is -3.48. The first kappa shape index (κ1) is 18.8. The molecule has 0 fully saturated rings. The molecule has 1 aromatic carbocycles. The summed E-state index contributed by atoms with van der Waals surface area (Å²) in [5.41, 5.74) is 2.85. The van der Waals surface area contributed by atoms with Crippen LogP contribution in [0.5, 0.6) is 0 Å². The molecule has 0 aliphatic carbocycles. The van der Waals surface area contributed by atoms with Gasteiger partial charge in [0.05, 0.1) is 0 Å². The van der Waals surface area contributed by atoms with Gasteiger partial charge in [-0.3, -0.25) is 0 Å². The summed E-state index contributed by atoms with van der Waals surface area (Å²) in [6, 6.07) is 17.4. The van der Waals surface area contributed by atoms with Gasteiger partial charge in [0.1, 0.15) is 15.6 Å². The van der Waals surface area contributed by atoms with E-state index in [4.69, 9.17) is 4.98 Å². The normalized spacial score (nSPS) is 11.9. The standard InChI is InChI=1S/C20H20N4O2S2/c25-28(26,19-9-5-15-27-19)22-13-14-24-18(11-10-16-6-2-1-3-7-16)23-17-8-4-12-21-20(17)24/h1-9,12,15,22H,10-11,13-14H2. The maximum absolute atomic E-state index is 12.3. The zero-order chi connectivity index (χ0) is 19.4. The molecule has 0 saturated carbocycles. The van der Waals surface area contributed by atoms with Crippen molar-refractivity contribution in [3.63, 3.8) is 0 Å². The Kier molecular flexibility index (Phi) is 5.52. The quantitative estimate of drug-likeness (QED) is 0.482. The lowest BCUT2D eigenvalue weighted by molar-refractivity contribution is 0.572. The van der Waals surface area contributed by atoms with Crippen LogP contribution in [-0.4, -0.2) is 29.5 Å². The predicted octanol–water partition coefficient (Wildman–Crippen LogP) is 3.26. The van der Waals surface area contributed by atoms with Crippen molar-refractivity contribution in [2.45, 2.75) is 23.6 Å². The molecular formula is C20H20N4O2S2. The van der Waals surface area contributed by atoms with E-state index in [-0.39, 0.29) is 6.54 Å². The number of aryl methyl sites for hydroxylation is 2. The van der Waals surface area contributed by atoms with Crippen molar-refractivity contribution in [2.75, 3.05) is 6.54 Å². The second kappa shape index (κ2) is 8.22. The van der Waals surface area contributed by atoms with Crippen molar-refractivity contribution in [1.29, 1.82) is 0 Å². The van der Waals surface area contributed by atoms with Gasteiger partial charge < -0.3 is 4.57 Å². The van der Waals surface area contributed by atoms with Crippen LogP contribution in [0.3, 0.4) is 0 Å². The molecule has 0 unspecified atom stereocenters. The summed E-state index contributed by atoms with van der Waals surface area (Å²) < 4.78 is 29.7. The maximum Gasteiger partial charge on any atom is 0.250 e. The number of aromatic nitrogens is 3. The topological polar surface area (TPSA) is 76.9 Å². The molecular weight excluding hydrogens is 392 g/mol. The van der Waals surface area contributed by atoms with Gasteiger partial charge in [0.15, 0.2) is 5.65 Å². The van der Waals surface area contributed by atoms with Crippen LogP contribution in [0.2, 0.25) is 0 Å². The Morgan fingerprint density at radius 1 is 1.00 bits per heavy atom. The highest BCUT2D eigenvalue weighted by molar-refractivity contribution is 7.91. The number of nitrogens with one attached hydrogen (secondary N) is 1. The van der Waals surface area contributed by atoms with Crippen LogP contribution in [0.1, 0.15) is 11.4 Å². The fourth-order valence-corrected chi connectivity index (χ4v) is 5.17. The third kappa shape index (κ3) is 4.14. The number of hydrogen-bond acceptors (Lipinski definition) is 5. The van der Waals surface area contributed by atoms with Crippen molar-refractivity contribution < 1.29 is 8.42 Å². The molecule has 0 radical (unpaired) electrons. The second-order valence-electron chi connectivity index (χ2n) is 6.34. The van der Waals surface area contributed by atoms with Crippen LogP contribution in [-0.2, 0) is 29.4 Å². The molecule has 0 saturated heterocycles. The summed E-state index contributed by atoms with van der Waals surface area (Å²) in [6.45, 7) is 0.753. The van der Waals surface area contributed by atoms with Crippen LogP contribution in [0.25, 0.3) is 11.2 Å². The van der Waals surface area contributed by atoms with Crippen LogP contribution < -0.4 is 4.72 Å². The van der Waals surface area contributed by atoms with Gasteiger partial charge in [0, 0.05) is 25.7 Å². The SMILES string of the molecule is O=S(=O)(NCCn1c(CCc2ccccc2)nc2cccnc21)c1cccs1. The third-order valence-corrected chi connectivity index (χ3v) is 7.31. The van der Waals surface area contributed by atoms with E-state index in [1.54, 1.807) is 23.7 Å². The zero-order valence-electron chi connectivity index (χ0n) is 15.2. The first-order valence-electron chi connectivity index (χ1n) is 9.01. The molecule has 0 aliphatic rings. The Morgan fingerprint density at radius 3 is 2.64 bits per heavy atom. The molecule has 1 N–H and O–H groups in total. The molecule has 4 rings (SSSR count). The minimum Gasteiger partial charge on any atom is -0.311 e. The van der Waals surface area contributed by atoms with Gasteiger partial charge in [0.2, 0.25) is 10.0 Å². The highest BCUT2D eigenvalue weighted by atomic mass is 32.2. The fourth-order valence-electron chi connectivity index (χ4n) is 3.11. The zero-order valence-corrected chi connectivity index (χ0v) is 16.8. The second-order valence-corrected chi connectivity index (χ2v) is 9.28. The monoisotopic (exact) mass is 412 g/mol. The van der Waals surface area contributed by atoms with Crippen LogP contribution in [0, 0.1) is 0 Å². The van der Waals surface area contributed by atoms with Crippen LogP contribution >= 0.6 is 11.3 Å². The first-order valence-corrected chi connectivity index (χ1v) is 11.4. The average molecular weight is 413 g/mol. The van der Waals surface area contributed by atoms with Gasteiger partial charge in [0.25, 0.3) is 0 Å². The summed E-state index contributed by atoms with van der Waals surface area (Å²) in [6.07, 6.45) is 3.36. The van der Waals surface area contributed by atoms with Gasteiger partial charge in [-0.05, 0) is 35.6 Å². The van der Waals surface area contributed by atoms with Gasteiger partial charge in [-0.1, -0.05) is 36.4 Å². The van der Waals surface area contributed by atoms with Gasteiger partial charge in [-0.25, -0.2) is 23.1 Å². The number of imidazole rings is 1. The molecule has 28 heavy (non-hydrogen) atoms. The highest BCUT2D eigenvalue weighted by Gasteiger charge is 2.16. The van der Waals surface area contributed by atoms with Crippen molar-refractivity contribution in [3.05, 3.63) is 77.6 Å². The van der Waals surface area contributed by atoms with Gasteiger partial charge >= 0.3 is 0 Å². The maximum atomic E-state index is 12.3. The van der Waals surface area contributed by atoms with Crippen molar-refractivity contribution in [3.8, 4) is 0 Å². The molecule has 0 atom stereocenters. The largest absolute Gasteiger partial charge is 0.311 e. The first-order chi connectivity index (χ1) is 13.6.